The van der Waals surface area contributed by atoms with Gasteiger partial charge in [0.25, 0.3) is 5.91 Å². The largest absolute Gasteiger partial charge is 0.480 e. The van der Waals surface area contributed by atoms with Crippen molar-refractivity contribution in [3.8, 4) is 17.0 Å². The van der Waals surface area contributed by atoms with Gasteiger partial charge in [-0.3, -0.25) is 4.79 Å². The Hall–Kier alpha value is -3.98. The Labute approximate surface area is 184 Å². The van der Waals surface area contributed by atoms with Crippen LogP contribution in [-0.4, -0.2) is 44.3 Å². The molecule has 0 aliphatic rings. The number of hydrogen-bond donors (Lipinski definition) is 3. The molecule has 0 bridgehead atoms. The number of hydrogen-bond acceptors (Lipinski definition) is 7. The summed E-state index contributed by atoms with van der Waals surface area (Å²) in [5.41, 5.74) is 10.0. The van der Waals surface area contributed by atoms with Crippen LogP contribution in [-0.2, 0) is 0 Å². The number of benzene rings is 1. The third-order valence-corrected chi connectivity index (χ3v) is 5.14. The van der Waals surface area contributed by atoms with Gasteiger partial charge in [-0.2, -0.15) is 4.98 Å². The van der Waals surface area contributed by atoms with E-state index in [1.165, 1.54) is 7.11 Å². The average molecular weight is 432 g/mol. The predicted octanol–water partition coefficient (Wildman–Crippen LogP) is 2.54. The van der Waals surface area contributed by atoms with E-state index < -0.39 is 6.10 Å². The lowest BCUT2D eigenvalue weighted by Crippen LogP contribution is -2.26. The number of carbonyl (C=O) groups excluding carboxylic acids is 1. The first-order valence-corrected chi connectivity index (χ1v) is 10.1. The summed E-state index contributed by atoms with van der Waals surface area (Å²) >= 11 is 0. The van der Waals surface area contributed by atoms with Crippen LogP contribution >= 0.6 is 0 Å². The number of fused-ring (bicyclic) bond motifs is 1. The van der Waals surface area contributed by atoms with E-state index in [1.807, 2.05) is 43.3 Å². The summed E-state index contributed by atoms with van der Waals surface area (Å²) in [7, 11) is 1.46. The van der Waals surface area contributed by atoms with Gasteiger partial charge in [-0.1, -0.05) is 29.8 Å². The second-order valence-corrected chi connectivity index (χ2v) is 7.44. The van der Waals surface area contributed by atoms with Gasteiger partial charge in [-0.05, 0) is 42.7 Å². The molecule has 0 spiro atoms. The fourth-order valence-electron chi connectivity index (χ4n) is 3.39. The Morgan fingerprint density at radius 2 is 2.00 bits per heavy atom. The highest BCUT2D eigenvalue weighted by atomic mass is 16.5. The molecule has 0 aliphatic carbocycles. The second-order valence-electron chi connectivity index (χ2n) is 7.44. The monoisotopic (exact) mass is 432 g/mol. The van der Waals surface area contributed by atoms with Crippen molar-refractivity contribution in [2.24, 2.45) is 0 Å². The Balaban J connectivity index is 1.48. The minimum Gasteiger partial charge on any atom is -0.480 e. The molecule has 1 aromatic carbocycles. The third-order valence-electron chi connectivity index (χ3n) is 5.14. The van der Waals surface area contributed by atoms with Crippen LogP contribution in [0.3, 0.4) is 0 Å². The first kappa shape index (κ1) is 21.3. The molecule has 0 fully saturated rings. The Bertz CT molecular complexity index is 1250. The fourth-order valence-corrected chi connectivity index (χ4v) is 3.39. The molecule has 1 unspecified atom stereocenters. The number of nitrogen functional groups attached to an aromatic ring is 1. The van der Waals surface area contributed by atoms with Gasteiger partial charge in [0.05, 0.1) is 13.2 Å². The lowest BCUT2D eigenvalue weighted by Gasteiger charge is -2.13. The molecule has 4 N–H and O–H groups in total. The Morgan fingerprint density at radius 1 is 1.22 bits per heavy atom. The zero-order chi connectivity index (χ0) is 22.7. The topological polar surface area (TPSA) is 128 Å². The number of rotatable bonds is 7. The number of pyridine rings is 2. The Kier molecular flexibility index (Phi) is 6.00. The van der Waals surface area contributed by atoms with Crippen LogP contribution in [0.5, 0.6) is 5.88 Å². The Morgan fingerprint density at radius 3 is 2.75 bits per heavy atom. The first-order chi connectivity index (χ1) is 15.4. The normalized spacial score (nSPS) is 12.0. The molecule has 9 nitrogen and oxygen atoms in total. The van der Waals surface area contributed by atoms with E-state index in [1.54, 1.807) is 23.0 Å². The molecule has 32 heavy (non-hydrogen) atoms. The number of anilines is 1. The van der Waals surface area contributed by atoms with Gasteiger partial charge >= 0.3 is 0 Å². The van der Waals surface area contributed by atoms with Crippen molar-refractivity contribution < 1.29 is 14.6 Å². The average Bonchev–Trinajstić information content (AvgIpc) is 3.18. The van der Waals surface area contributed by atoms with Crippen molar-refractivity contribution in [3.05, 3.63) is 71.5 Å². The highest BCUT2D eigenvalue weighted by Crippen LogP contribution is 2.25. The molecule has 164 valence electrons. The van der Waals surface area contributed by atoms with Gasteiger partial charge in [-0.25, -0.2) is 9.50 Å². The van der Waals surface area contributed by atoms with E-state index in [2.05, 4.69) is 20.4 Å². The summed E-state index contributed by atoms with van der Waals surface area (Å²) in [5, 5.41) is 17.3. The SMILES string of the molecule is COc1ncc(-c2ccn3nc(N)nc3c2)cc1C(=O)NCCC(O)c1ccc(C)cc1. The summed E-state index contributed by atoms with van der Waals surface area (Å²) in [6.45, 7) is 2.29. The van der Waals surface area contributed by atoms with Gasteiger partial charge in [-0.15, -0.1) is 5.10 Å². The summed E-state index contributed by atoms with van der Waals surface area (Å²) in [6.07, 6.45) is 3.09. The molecule has 4 rings (SSSR count). The van der Waals surface area contributed by atoms with Crippen LogP contribution in [0.15, 0.2) is 54.9 Å². The van der Waals surface area contributed by atoms with Crippen LogP contribution in [0.2, 0.25) is 0 Å². The number of aromatic nitrogens is 4. The maximum Gasteiger partial charge on any atom is 0.256 e. The van der Waals surface area contributed by atoms with Gasteiger partial charge in [0.1, 0.15) is 5.56 Å². The predicted molar refractivity (Wildman–Crippen MR) is 120 cm³/mol. The van der Waals surface area contributed by atoms with Gasteiger partial charge in [0.15, 0.2) is 5.65 Å². The van der Waals surface area contributed by atoms with Crippen molar-refractivity contribution >= 4 is 17.5 Å². The zero-order valence-electron chi connectivity index (χ0n) is 17.8. The number of amides is 1. The third kappa shape index (κ3) is 4.52. The van der Waals surface area contributed by atoms with Crippen LogP contribution < -0.4 is 15.8 Å². The quantitative estimate of drug-likeness (QED) is 0.409. The van der Waals surface area contributed by atoms with Crippen LogP contribution in [0.25, 0.3) is 16.8 Å². The number of nitrogens with two attached hydrogens (primary N) is 1. The van der Waals surface area contributed by atoms with Gasteiger partial charge < -0.3 is 20.9 Å². The van der Waals surface area contributed by atoms with Gasteiger partial charge in [0, 0.05) is 24.5 Å². The van der Waals surface area contributed by atoms with Crippen molar-refractivity contribution in [1.82, 2.24) is 24.9 Å². The van der Waals surface area contributed by atoms with Crippen molar-refractivity contribution in [2.75, 3.05) is 19.4 Å². The molecule has 1 atom stereocenters. The lowest BCUT2D eigenvalue weighted by atomic mass is 10.0. The number of ether oxygens (including phenoxy) is 1. The molecule has 0 saturated heterocycles. The van der Waals surface area contributed by atoms with Crippen LogP contribution in [0.4, 0.5) is 5.95 Å². The summed E-state index contributed by atoms with van der Waals surface area (Å²) < 4.78 is 6.85. The van der Waals surface area contributed by atoms with E-state index in [-0.39, 0.29) is 17.7 Å². The molecule has 3 aromatic heterocycles. The molecule has 3 heterocycles. The number of nitrogens with zero attached hydrogens (tertiary/aromatic N) is 4. The molecule has 0 aliphatic heterocycles. The van der Waals surface area contributed by atoms with E-state index in [0.717, 1.165) is 22.3 Å². The summed E-state index contributed by atoms with van der Waals surface area (Å²) in [4.78, 5) is 21.3. The maximum absolute atomic E-state index is 12.8. The zero-order valence-corrected chi connectivity index (χ0v) is 17.8. The molecule has 0 radical (unpaired) electrons. The maximum atomic E-state index is 12.8. The number of aryl methyl sites for hydroxylation is 1. The molecule has 1 amide bonds. The van der Waals surface area contributed by atoms with E-state index in [9.17, 15) is 9.90 Å². The van der Waals surface area contributed by atoms with Crippen LogP contribution in [0, 0.1) is 6.92 Å². The number of nitrogens with one attached hydrogen (secondary N) is 1. The van der Waals surface area contributed by atoms with Crippen molar-refractivity contribution in [2.45, 2.75) is 19.4 Å². The van der Waals surface area contributed by atoms with Crippen LogP contribution in [0.1, 0.15) is 34.0 Å². The number of aliphatic hydroxyl groups is 1. The summed E-state index contributed by atoms with van der Waals surface area (Å²) in [5.74, 6) is 0.0705. The first-order valence-electron chi connectivity index (χ1n) is 10.1. The van der Waals surface area contributed by atoms with E-state index in [0.29, 0.717) is 24.2 Å². The number of methoxy groups -OCH3 is 1. The highest BCUT2D eigenvalue weighted by molar-refractivity contribution is 5.97. The minimum atomic E-state index is -0.662. The summed E-state index contributed by atoms with van der Waals surface area (Å²) in [6, 6.07) is 13.0. The molecular weight excluding hydrogens is 408 g/mol. The van der Waals surface area contributed by atoms with E-state index in [4.69, 9.17) is 10.5 Å². The van der Waals surface area contributed by atoms with Crippen molar-refractivity contribution in [3.63, 3.8) is 0 Å². The number of carbonyl (C=O) groups is 1. The number of aliphatic hydroxyl groups excluding tert-OH is 1. The smallest absolute Gasteiger partial charge is 0.256 e. The second kappa shape index (κ2) is 9.03. The highest BCUT2D eigenvalue weighted by Gasteiger charge is 2.16. The fraction of sp³-hybridized carbons (Fsp3) is 0.217. The van der Waals surface area contributed by atoms with Gasteiger partial charge in [0.2, 0.25) is 11.8 Å². The standard InChI is InChI=1S/C23H24N6O3/c1-14-3-5-15(6-4-14)19(30)7-9-25-21(31)18-11-17(13-26-22(18)32-2)16-8-10-29-20(12-16)27-23(24)28-29/h3-6,8,10-13,19,30H,7,9H2,1-2H3,(H2,24,28)(H,25,31). The van der Waals surface area contributed by atoms with Crippen molar-refractivity contribution in [1.29, 1.82) is 0 Å². The molecular formula is C23H24N6O3. The molecule has 0 saturated carbocycles. The molecule has 9 heteroatoms. The minimum absolute atomic E-state index is 0.183. The van der Waals surface area contributed by atoms with E-state index >= 15 is 0 Å². The molecule has 4 aromatic rings. The lowest BCUT2D eigenvalue weighted by molar-refractivity contribution is 0.0939.